The van der Waals surface area contributed by atoms with Crippen LogP contribution in [0.5, 0.6) is 5.75 Å². The summed E-state index contributed by atoms with van der Waals surface area (Å²) in [5.41, 5.74) is 2.00. The van der Waals surface area contributed by atoms with Crippen molar-refractivity contribution in [1.82, 2.24) is 0 Å². The van der Waals surface area contributed by atoms with Crippen LogP contribution in [0.3, 0.4) is 0 Å². The Morgan fingerprint density at radius 3 is 2.25 bits per heavy atom. The number of carboxylic acid groups (broad SMARTS) is 1. The molecule has 0 heterocycles. The van der Waals surface area contributed by atoms with Crippen molar-refractivity contribution < 1.29 is 19.4 Å². The fourth-order valence-electron chi connectivity index (χ4n) is 1.80. The average molecular weight is 270 g/mol. The molecule has 20 heavy (non-hydrogen) atoms. The third kappa shape index (κ3) is 2.85. The van der Waals surface area contributed by atoms with Crippen molar-refractivity contribution in [2.24, 2.45) is 0 Å². The van der Waals surface area contributed by atoms with Gasteiger partial charge in [0.05, 0.1) is 5.56 Å². The molecule has 0 saturated heterocycles. The van der Waals surface area contributed by atoms with Gasteiger partial charge in [-0.25, -0.2) is 9.59 Å². The first-order valence-corrected chi connectivity index (χ1v) is 6.11. The summed E-state index contributed by atoms with van der Waals surface area (Å²) in [6, 6.07) is 11.6. The first-order valence-electron chi connectivity index (χ1n) is 6.11. The van der Waals surface area contributed by atoms with E-state index >= 15 is 0 Å². The maximum atomic E-state index is 12.0. The Morgan fingerprint density at radius 1 is 1.00 bits per heavy atom. The summed E-state index contributed by atoms with van der Waals surface area (Å²) >= 11 is 0. The van der Waals surface area contributed by atoms with E-state index in [0.29, 0.717) is 11.1 Å². The number of ether oxygens (including phenoxy) is 1. The van der Waals surface area contributed by atoms with Gasteiger partial charge in [0.15, 0.2) is 0 Å². The number of para-hydroxylation sites is 1. The lowest BCUT2D eigenvalue weighted by molar-refractivity contribution is 0.0681. The van der Waals surface area contributed by atoms with Crippen LogP contribution >= 0.6 is 0 Å². The predicted octanol–water partition coefficient (Wildman–Crippen LogP) is 3.22. The topological polar surface area (TPSA) is 63.6 Å². The van der Waals surface area contributed by atoms with Gasteiger partial charge >= 0.3 is 11.9 Å². The van der Waals surface area contributed by atoms with E-state index in [0.717, 1.165) is 5.56 Å². The van der Waals surface area contributed by atoms with Gasteiger partial charge in [0.25, 0.3) is 0 Å². The van der Waals surface area contributed by atoms with Gasteiger partial charge in [-0.05, 0) is 37.6 Å². The van der Waals surface area contributed by atoms with Gasteiger partial charge in [-0.1, -0.05) is 29.8 Å². The van der Waals surface area contributed by atoms with E-state index in [4.69, 9.17) is 9.84 Å². The molecule has 0 aliphatic carbocycles. The van der Waals surface area contributed by atoms with E-state index in [1.54, 1.807) is 43.3 Å². The number of aromatic carboxylic acids is 1. The number of hydrogen-bond donors (Lipinski definition) is 1. The highest BCUT2D eigenvalue weighted by Crippen LogP contribution is 2.24. The zero-order valence-electron chi connectivity index (χ0n) is 11.2. The molecule has 102 valence electrons. The number of rotatable bonds is 3. The molecule has 2 aromatic rings. The molecule has 0 bridgehead atoms. The molecule has 4 nitrogen and oxygen atoms in total. The van der Waals surface area contributed by atoms with Crippen LogP contribution in [-0.2, 0) is 0 Å². The number of hydrogen-bond acceptors (Lipinski definition) is 3. The first kappa shape index (κ1) is 13.8. The number of esters is 1. The smallest absolute Gasteiger partial charge is 0.343 e. The van der Waals surface area contributed by atoms with Crippen LogP contribution in [-0.4, -0.2) is 17.0 Å². The molecule has 0 spiro atoms. The molecule has 1 N–H and O–H groups in total. The van der Waals surface area contributed by atoms with Crippen molar-refractivity contribution >= 4 is 11.9 Å². The molecule has 2 rings (SSSR count). The number of benzene rings is 2. The van der Waals surface area contributed by atoms with Crippen molar-refractivity contribution in [3.63, 3.8) is 0 Å². The Balaban J connectivity index is 2.32. The van der Waals surface area contributed by atoms with Crippen molar-refractivity contribution in [3.05, 3.63) is 64.7 Å². The summed E-state index contributed by atoms with van der Waals surface area (Å²) in [5, 5.41) is 9.12. The molecule has 0 saturated carbocycles. The lowest BCUT2D eigenvalue weighted by Crippen LogP contribution is -2.12. The third-order valence-electron chi connectivity index (χ3n) is 2.92. The minimum atomic E-state index is -1.12. The van der Waals surface area contributed by atoms with Crippen molar-refractivity contribution in [2.45, 2.75) is 13.8 Å². The normalized spacial score (nSPS) is 10.1. The van der Waals surface area contributed by atoms with Crippen LogP contribution in [0.1, 0.15) is 31.8 Å². The maximum Gasteiger partial charge on any atom is 0.343 e. The lowest BCUT2D eigenvalue weighted by atomic mass is 10.1. The summed E-state index contributed by atoms with van der Waals surface area (Å²) in [7, 11) is 0. The molecule has 0 radical (unpaired) electrons. The van der Waals surface area contributed by atoms with Gasteiger partial charge in [-0.2, -0.15) is 0 Å². The standard InChI is InChI=1S/C16H14O4/c1-10-6-8-12(9-7-10)16(19)20-14-11(2)4-3-5-13(14)15(17)18/h3-9H,1-2H3,(H,17,18). The van der Waals surface area contributed by atoms with Crippen molar-refractivity contribution in [3.8, 4) is 5.75 Å². The van der Waals surface area contributed by atoms with Crippen LogP contribution in [0.2, 0.25) is 0 Å². The van der Waals surface area contributed by atoms with Crippen LogP contribution in [0.4, 0.5) is 0 Å². The highest BCUT2D eigenvalue weighted by atomic mass is 16.5. The SMILES string of the molecule is Cc1ccc(C(=O)Oc2c(C)cccc2C(=O)O)cc1. The molecule has 0 amide bonds. The number of carbonyl (C=O) groups excluding carboxylic acids is 1. The fourth-order valence-corrected chi connectivity index (χ4v) is 1.80. The van der Waals surface area contributed by atoms with Gasteiger partial charge in [0.2, 0.25) is 0 Å². The summed E-state index contributed by atoms with van der Waals surface area (Å²) in [6.45, 7) is 3.61. The average Bonchev–Trinajstić information content (AvgIpc) is 2.41. The van der Waals surface area contributed by atoms with Crippen LogP contribution in [0, 0.1) is 13.8 Å². The molecule has 0 aromatic heterocycles. The molecule has 0 atom stereocenters. The second kappa shape index (κ2) is 5.57. The van der Waals surface area contributed by atoms with Crippen LogP contribution in [0.25, 0.3) is 0 Å². The number of aryl methyl sites for hydroxylation is 2. The van der Waals surface area contributed by atoms with Crippen LogP contribution in [0.15, 0.2) is 42.5 Å². The van der Waals surface area contributed by atoms with Crippen molar-refractivity contribution in [2.75, 3.05) is 0 Å². The summed E-state index contributed by atoms with van der Waals surface area (Å²) in [6.07, 6.45) is 0. The van der Waals surface area contributed by atoms with E-state index in [1.807, 2.05) is 6.92 Å². The zero-order valence-corrected chi connectivity index (χ0v) is 11.2. The van der Waals surface area contributed by atoms with E-state index in [9.17, 15) is 9.59 Å². The molecule has 0 fully saturated rings. The second-order valence-corrected chi connectivity index (χ2v) is 4.51. The van der Waals surface area contributed by atoms with E-state index < -0.39 is 11.9 Å². The van der Waals surface area contributed by atoms with E-state index in [2.05, 4.69) is 0 Å². The Hall–Kier alpha value is -2.62. The minimum Gasteiger partial charge on any atom is -0.478 e. The molecule has 0 aliphatic heterocycles. The van der Waals surface area contributed by atoms with Gasteiger partial charge in [-0.3, -0.25) is 0 Å². The van der Waals surface area contributed by atoms with Gasteiger partial charge in [-0.15, -0.1) is 0 Å². The van der Waals surface area contributed by atoms with Crippen molar-refractivity contribution in [1.29, 1.82) is 0 Å². The molecule has 4 heteroatoms. The van der Waals surface area contributed by atoms with Gasteiger partial charge in [0.1, 0.15) is 11.3 Å². The second-order valence-electron chi connectivity index (χ2n) is 4.51. The molecule has 0 unspecified atom stereocenters. The Labute approximate surface area is 116 Å². The van der Waals surface area contributed by atoms with E-state index in [-0.39, 0.29) is 11.3 Å². The van der Waals surface area contributed by atoms with E-state index in [1.165, 1.54) is 6.07 Å². The van der Waals surface area contributed by atoms with Gasteiger partial charge in [0, 0.05) is 0 Å². The van der Waals surface area contributed by atoms with Crippen LogP contribution < -0.4 is 4.74 Å². The lowest BCUT2D eigenvalue weighted by Gasteiger charge is -2.10. The summed E-state index contributed by atoms with van der Waals surface area (Å²) in [4.78, 5) is 23.2. The molecular formula is C16H14O4. The summed E-state index contributed by atoms with van der Waals surface area (Å²) < 4.78 is 5.24. The summed E-state index contributed by atoms with van der Waals surface area (Å²) in [5.74, 6) is -1.60. The molecular weight excluding hydrogens is 256 g/mol. The Bertz CT molecular complexity index is 657. The monoisotopic (exact) mass is 270 g/mol. The number of carbonyl (C=O) groups is 2. The highest BCUT2D eigenvalue weighted by molar-refractivity contribution is 5.95. The Morgan fingerprint density at radius 2 is 1.65 bits per heavy atom. The molecule has 2 aromatic carbocycles. The fraction of sp³-hybridized carbons (Fsp3) is 0.125. The third-order valence-corrected chi connectivity index (χ3v) is 2.92. The Kier molecular flexibility index (Phi) is 3.84. The maximum absolute atomic E-state index is 12.0. The quantitative estimate of drug-likeness (QED) is 0.687. The number of carboxylic acids is 1. The highest BCUT2D eigenvalue weighted by Gasteiger charge is 2.17. The first-order chi connectivity index (χ1) is 9.49. The molecule has 0 aliphatic rings. The minimum absolute atomic E-state index is 0.0227. The predicted molar refractivity (Wildman–Crippen MR) is 74.3 cm³/mol. The van der Waals surface area contributed by atoms with Gasteiger partial charge < -0.3 is 9.84 Å². The zero-order chi connectivity index (χ0) is 14.7. The largest absolute Gasteiger partial charge is 0.478 e.